The number of nitrogens with one attached hydrogen (secondary N) is 2. The van der Waals surface area contributed by atoms with E-state index in [9.17, 15) is 0 Å². The lowest BCUT2D eigenvalue weighted by Gasteiger charge is -2.08. The van der Waals surface area contributed by atoms with E-state index in [1.807, 2.05) is 41.8 Å². The molecule has 4 rings (SSSR count). The van der Waals surface area contributed by atoms with Crippen LogP contribution in [0.1, 0.15) is 0 Å². The predicted octanol–water partition coefficient (Wildman–Crippen LogP) is 4.45. The van der Waals surface area contributed by atoms with Crippen LogP contribution in [0.15, 0.2) is 48.0 Å². The number of benzene rings is 2. The number of fused-ring (bicyclic) bond motifs is 1. The van der Waals surface area contributed by atoms with E-state index in [1.165, 1.54) is 0 Å². The number of H-pyrrole nitrogens is 1. The molecule has 0 aliphatic heterocycles. The fraction of sp³-hybridized carbons (Fsp3) is 0.111. The minimum atomic E-state index is 0.732. The van der Waals surface area contributed by atoms with Gasteiger partial charge in [-0.3, -0.25) is 5.10 Å². The van der Waals surface area contributed by atoms with Crippen molar-refractivity contribution in [3.63, 3.8) is 0 Å². The van der Waals surface area contributed by atoms with E-state index in [0.717, 1.165) is 44.5 Å². The van der Waals surface area contributed by atoms with Crippen LogP contribution in [-0.4, -0.2) is 29.4 Å². The van der Waals surface area contributed by atoms with E-state index in [1.54, 1.807) is 31.8 Å². The van der Waals surface area contributed by atoms with E-state index in [-0.39, 0.29) is 0 Å². The first kappa shape index (κ1) is 15.5. The first-order valence-corrected chi connectivity index (χ1v) is 8.53. The van der Waals surface area contributed by atoms with Crippen LogP contribution in [-0.2, 0) is 0 Å². The van der Waals surface area contributed by atoms with Gasteiger partial charge in [-0.2, -0.15) is 5.10 Å². The first-order chi connectivity index (χ1) is 12.3. The molecule has 2 N–H and O–H groups in total. The van der Waals surface area contributed by atoms with Gasteiger partial charge in [0.2, 0.25) is 0 Å². The molecule has 2 aromatic heterocycles. The van der Waals surface area contributed by atoms with E-state index in [2.05, 4.69) is 20.5 Å². The Morgan fingerprint density at radius 3 is 2.84 bits per heavy atom. The minimum absolute atomic E-state index is 0.732. The number of hydrogen-bond donors (Lipinski definition) is 2. The summed E-state index contributed by atoms with van der Waals surface area (Å²) in [6, 6.07) is 11.7. The van der Waals surface area contributed by atoms with Gasteiger partial charge in [0.1, 0.15) is 11.5 Å². The average molecular weight is 352 g/mol. The summed E-state index contributed by atoms with van der Waals surface area (Å²) in [4.78, 5) is 4.67. The molecular formula is C18H16N4O2S. The molecular weight excluding hydrogens is 336 g/mol. The Kier molecular flexibility index (Phi) is 3.99. The largest absolute Gasteiger partial charge is 0.497 e. The van der Waals surface area contributed by atoms with Gasteiger partial charge in [0.25, 0.3) is 0 Å². The van der Waals surface area contributed by atoms with Gasteiger partial charge in [0, 0.05) is 28.1 Å². The summed E-state index contributed by atoms with van der Waals surface area (Å²) in [6.07, 6.45) is 1.80. The number of hydrogen-bond acceptors (Lipinski definition) is 6. The molecule has 0 aliphatic rings. The van der Waals surface area contributed by atoms with Gasteiger partial charge in [-0.1, -0.05) is 0 Å². The number of rotatable bonds is 5. The molecule has 0 bridgehead atoms. The molecule has 0 radical (unpaired) electrons. The fourth-order valence-corrected chi connectivity index (χ4v) is 3.34. The Bertz CT molecular complexity index is 1020. The highest BCUT2D eigenvalue weighted by molar-refractivity contribution is 7.14. The molecule has 0 spiro atoms. The summed E-state index contributed by atoms with van der Waals surface area (Å²) in [5, 5.41) is 14.2. The van der Waals surface area contributed by atoms with Crippen molar-refractivity contribution in [2.24, 2.45) is 0 Å². The number of methoxy groups -OCH3 is 2. The molecule has 0 fully saturated rings. The number of thiazole rings is 1. The molecule has 0 amide bonds. The third-order valence-electron chi connectivity index (χ3n) is 3.88. The quantitative estimate of drug-likeness (QED) is 0.555. The van der Waals surface area contributed by atoms with Crippen molar-refractivity contribution in [2.45, 2.75) is 0 Å². The van der Waals surface area contributed by atoms with Crippen molar-refractivity contribution < 1.29 is 9.47 Å². The van der Waals surface area contributed by atoms with Crippen molar-refractivity contribution in [3.8, 4) is 22.8 Å². The summed E-state index contributed by atoms with van der Waals surface area (Å²) in [7, 11) is 3.28. The standard InChI is InChI=1S/C18H16N4O2S/c1-23-13-4-5-14(17(8-13)24-2)16-10-25-18(21-16)20-12-3-6-15-11(7-12)9-19-22-15/h3-10H,1-2H3,(H,19,22)(H,20,21). The Morgan fingerprint density at radius 2 is 2.00 bits per heavy atom. The normalized spacial score (nSPS) is 10.8. The van der Waals surface area contributed by atoms with Gasteiger partial charge in [-0.05, 0) is 30.3 Å². The van der Waals surface area contributed by atoms with Gasteiger partial charge in [0.15, 0.2) is 5.13 Å². The minimum Gasteiger partial charge on any atom is -0.497 e. The zero-order chi connectivity index (χ0) is 17.2. The maximum absolute atomic E-state index is 5.46. The summed E-state index contributed by atoms with van der Waals surface area (Å²) in [5.41, 5.74) is 3.76. The molecule has 4 aromatic rings. The van der Waals surface area contributed by atoms with Crippen molar-refractivity contribution in [2.75, 3.05) is 19.5 Å². The van der Waals surface area contributed by atoms with Gasteiger partial charge in [-0.15, -0.1) is 11.3 Å². The van der Waals surface area contributed by atoms with E-state index >= 15 is 0 Å². The van der Waals surface area contributed by atoms with Crippen molar-refractivity contribution in [1.29, 1.82) is 0 Å². The van der Waals surface area contributed by atoms with Crippen LogP contribution in [0.2, 0.25) is 0 Å². The molecule has 0 atom stereocenters. The Morgan fingerprint density at radius 1 is 1.08 bits per heavy atom. The zero-order valence-corrected chi connectivity index (χ0v) is 14.6. The number of anilines is 2. The van der Waals surface area contributed by atoms with Gasteiger partial charge < -0.3 is 14.8 Å². The van der Waals surface area contributed by atoms with Crippen molar-refractivity contribution in [1.82, 2.24) is 15.2 Å². The van der Waals surface area contributed by atoms with E-state index < -0.39 is 0 Å². The van der Waals surface area contributed by atoms with Gasteiger partial charge in [0.05, 0.1) is 31.6 Å². The average Bonchev–Trinajstić information content (AvgIpc) is 3.30. The van der Waals surface area contributed by atoms with Crippen LogP contribution in [0.25, 0.3) is 22.2 Å². The van der Waals surface area contributed by atoms with E-state index in [4.69, 9.17) is 9.47 Å². The molecule has 7 heteroatoms. The van der Waals surface area contributed by atoms with Crippen LogP contribution in [0.5, 0.6) is 11.5 Å². The zero-order valence-electron chi connectivity index (χ0n) is 13.7. The highest BCUT2D eigenvalue weighted by Gasteiger charge is 2.11. The van der Waals surface area contributed by atoms with Crippen LogP contribution in [0.3, 0.4) is 0 Å². The topological polar surface area (TPSA) is 72.1 Å². The molecule has 126 valence electrons. The van der Waals surface area contributed by atoms with Crippen LogP contribution in [0, 0.1) is 0 Å². The highest BCUT2D eigenvalue weighted by atomic mass is 32.1. The second-order valence-electron chi connectivity index (χ2n) is 5.40. The number of nitrogens with zero attached hydrogens (tertiary/aromatic N) is 2. The summed E-state index contributed by atoms with van der Waals surface area (Å²) >= 11 is 1.54. The molecule has 0 saturated carbocycles. The van der Waals surface area contributed by atoms with Gasteiger partial charge >= 0.3 is 0 Å². The number of aromatic amines is 1. The smallest absolute Gasteiger partial charge is 0.187 e. The van der Waals surface area contributed by atoms with Gasteiger partial charge in [-0.25, -0.2) is 4.98 Å². The first-order valence-electron chi connectivity index (χ1n) is 7.65. The predicted molar refractivity (Wildman–Crippen MR) is 100 cm³/mol. The lowest BCUT2D eigenvalue weighted by atomic mass is 10.1. The molecule has 2 aromatic carbocycles. The molecule has 6 nitrogen and oxygen atoms in total. The Hall–Kier alpha value is -3.06. The second kappa shape index (κ2) is 6.45. The number of ether oxygens (including phenoxy) is 2. The third kappa shape index (κ3) is 3.01. The SMILES string of the molecule is COc1ccc(-c2csc(Nc3ccc4[nH]ncc4c3)n2)c(OC)c1. The second-order valence-corrected chi connectivity index (χ2v) is 6.26. The summed E-state index contributed by atoms with van der Waals surface area (Å²) < 4.78 is 10.7. The monoisotopic (exact) mass is 352 g/mol. The lowest BCUT2D eigenvalue weighted by Crippen LogP contribution is -1.92. The molecule has 0 unspecified atom stereocenters. The maximum Gasteiger partial charge on any atom is 0.187 e. The lowest BCUT2D eigenvalue weighted by molar-refractivity contribution is 0.395. The molecule has 0 saturated heterocycles. The van der Waals surface area contributed by atoms with Crippen LogP contribution >= 0.6 is 11.3 Å². The maximum atomic E-state index is 5.46. The van der Waals surface area contributed by atoms with Crippen LogP contribution < -0.4 is 14.8 Å². The Labute approximate surface area is 148 Å². The number of aromatic nitrogens is 3. The summed E-state index contributed by atoms with van der Waals surface area (Å²) in [5.74, 6) is 1.48. The summed E-state index contributed by atoms with van der Waals surface area (Å²) in [6.45, 7) is 0. The third-order valence-corrected chi connectivity index (χ3v) is 4.64. The Balaban J connectivity index is 1.61. The van der Waals surface area contributed by atoms with Crippen molar-refractivity contribution >= 4 is 33.1 Å². The highest BCUT2D eigenvalue weighted by Crippen LogP contribution is 2.35. The van der Waals surface area contributed by atoms with Crippen LogP contribution in [0.4, 0.5) is 10.8 Å². The fourth-order valence-electron chi connectivity index (χ4n) is 2.61. The molecule has 25 heavy (non-hydrogen) atoms. The van der Waals surface area contributed by atoms with Crippen molar-refractivity contribution in [3.05, 3.63) is 48.0 Å². The molecule has 0 aliphatic carbocycles. The molecule has 2 heterocycles. The van der Waals surface area contributed by atoms with E-state index in [0.29, 0.717) is 0 Å².